The third kappa shape index (κ3) is 4.15. The Morgan fingerprint density at radius 2 is 1.95 bits per heavy atom. The van der Waals surface area contributed by atoms with Crippen molar-refractivity contribution in [1.82, 2.24) is 5.32 Å². The fraction of sp³-hybridized carbons (Fsp3) is 0.462. The summed E-state index contributed by atoms with van der Waals surface area (Å²) in [5.74, 6) is -0.507. The van der Waals surface area contributed by atoms with E-state index in [9.17, 15) is 18.0 Å². The van der Waals surface area contributed by atoms with Crippen LogP contribution in [-0.2, 0) is 6.18 Å². The Labute approximate surface area is 110 Å². The van der Waals surface area contributed by atoms with E-state index in [0.29, 0.717) is 18.8 Å². The molecule has 0 atom stereocenters. The molecule has 6 heteroatoms. The lowest BCUT2D eigenvalue weighted by atomic mass is 10.1. The molecule has 0 saturated heterocycles. The molecule has 0 heterocycles. The molecule has 2 N–H and O–H groups in total. The van der Waals surface area contributed by atoms with Crippen LogP contribution >= 0.6 is 0 Å². The van der Waals surface area contributed by atoms with Gasteiger partial charge in [0.2, 0.25) is 0 Å². The number of hydrogen-bond donors (Lipinski definition) is 2. The largest absolute Gasteiger partial charge is 0.416 e. The van der Waals surface area contributed by atoms with Gasteiger partial charge in [0.05, 0.1) is 11.1 Å². The van der Waals surface area contributed by atoms with Crippen molar-refractivity contribution >= 4 is 11.6 Å². The fourth-order valence-electron chi connectivity index (χ4n) is 1.58. The topological polar surface area (TPSA) is 41.1 Å². The molecule has 0 radical (unpaired) electrons. The first kappa shape index (κ1) is 15.3. The third-order valence-corrected chi connectivity index (χ3v) is 2.49. The van der Waals surface area contributed by atoms with Gasteiger partial charge >= 0.3 is 6.18 Å². The lowest BCUT2D eigenvalue weighted by molar-refractivity contribution is -0.137. The molecule has 0 fully saturated rings. The molecule has 0 unspecified atom stereocenters. The minimum atomic E-state index is -4.45. The first-order chi connectivity index (χ1) is 8.90. The van der Waals surface area contributed by atoms with Gasteiger partial charge in [-0.25, -0.2) is 0 Å². The van der Waals surface area contributed by atoms with Gasteiger partial charge in [-0.3, -0.25) is 4.79 Å². The molecule has 1 rings (SSSR count). The number of carbonyl (C=O) groups excluding carboxylic acids is 1. The quantitative estimate of drug-likeness (QED) is 0.865. The van der Waals surface area contributed by atoms with Crippen LogP contribution in [0.1, 0.15) is 36.2 Å². The Hall–Kier alpha value is -1.72. The number of amides is 1. The second-order valence-corrected chi connectivity index (χ2v) is 4.04. The Morgan fingerprint density at radius 3 is 2.47 bits per heavy atom. The van der Waals surface area contributed by atoms with Gasteiger partial charge in [-0.1, -0.05) is 6.92 Å². The fourth-order valence-corrected chi connectivity index (χ4v) is 1.58. The van der Waals surface area contributed by atoms with Gasteiger partial charge in [0.15, 0.2) is 0 Å². The number of carbonyl (C=O) groups is 1. The van der Waals surface area contributed by atoms with E-state index in [1.54, 1.807) is 6.92 Å². The summed E-state index contributed by atoms with van der Waals surface area (Å²) in [6, 6.07) is 3.15. The predicted octanol–water partition coefficient (Wildman–Crippen LogP) is 3.28. The molecule has 0 aliphatic rings. The van der Waals surface area contributed by atoms with Gasteiger partial charge in [0.1, 0.15) is 0 Å². The van der Waals surface area contributed by atoms with Crippen LogP contribution in [0.2, 0.25) is 0 Å². The highest BCUT2D eigenvalue weighted by molar-refractivity contribution is 5.99. The molecule has 1 amide bonds. The van der Waals surface area contributed by atoms with Crippen LogP contribution in [0.5, 0.6) is 0 Å². The van der Waals surface area contributed by atoms with E-state index in [2.05, 4.69) is 10.6 Å². The molecule has 0 bridgehead atoms. The van der Waals surface area contributed by atoms with E-state index in [0.717, 1.165) is 18.6 Å². The first-order valence-electron chi connectivity index (χ1n) is 6.13. The molecule has 0 aliphatic carbocycles. The monoisotopic (exact) mass is 274 g/mol. The highest BCUT2D eigenvalue weighted by Crippen LogP contribution is 2.31. The number of hydrogen-bond acceptors (Lipinski definition) is 2. The third-order valence-electron chi connectivity index (χ3n) is 2.49. The van der Waals surface area contributed by atoms with E-state index in [4.69, 9.17) is 0 Å². The molecular weight excluding hydrogens is 257 g/mol. The van der Waals surface area contributed by atoms with E-state index in [-0.39, 0.29) is 5.56 Å². The van der Waals surface area contributed by atoms with Gasteiger partial charge in [0, 0.05) is 18.8 Å². The highest BCUT2D eigenvalue weighted by atomic mass is 19.4. The van der Waals surface area contributed by atoms with Crippen LogP contribution in [0.15, 0.2) is 18.2 Å². The molecule has 0 spiro atoms. The number of anilines is 1. The second-order valence-electron chi connectivity index (χ2n) is 4.04. The van der Waals surface area contributed by atoms with Crippen LogP contribution in [0.4, 0.5) is 18.9 Å². The molecule has 3 nitrogen and oxygen atoms in total. The summed E-state index contributed by atoms with van der Waals surface area (Å²) in [5, 5.41) is 5.46. The zero-order valence-electron chi connectivity index (χ0n) is 10.9. The van der Waals surface area contributed by atoms with Crippen LogP contribution in [-0.4, -0.2) is 19.0 Å². The van der Waals surface area contributed by atoms with Gasteiger partial charge in [-0.15, -0.1) is 0 Å². The lowest BCUT2D eigenvalue weighted by Gasteiger charge is -2.14. The Bertz CT molecular complexity index is 444. The van der Waals surface area contributed by atoms with E-state index < -0.39 is 17.6 Å². The summed E-state index contributed by atoms with van der Waals surface area (Å²) >= 11 is 0. The van der Waals surface area contributed by atoms with Crippen LogP contribution in [0, 0.1) is 0 Å². The summed E-state index contributed by atoms with van der Waals surface area (Å²) in [5.41, 5.74) is -0.387. The minimum Gasteiger partial charge on any atom is -0.384 e. The van der Waals surface area contributed by atoms with Crippen LogP contribution in [0.25, 0.3) is 0 Å². The average Bonchev–Trinajstić information content (AvgIpc) is 2.35. The van der Waals surface area contributed by atoms with Crippen LogP contribution in [0.3, 0.4) is 0 Å². The summed E-state index contributed by atoms with van der Waals surface area (Å²) in [6.45, 7) is 4.60. The molecule has 0 aromatic heterocycles. The lowest BCUT2D eigenvalue weighted by Crippen LogP contribution is -2.24. The maximum atomic E-state index is 12.6. The molecule has 0 saturated carbocycles. The van der Waals surface area contributed by atoms with Crippen molar-refractivity contribution in [2.24, 2.45) is 0 Å². The van der Waals surface area contributed by atoms with Crippen molar-refractivity contribution in [3.05, 3.63) is 29.3 Å². The number of benzene rings is 1. The van der Waals surface area contributed by atoms with Gasteiger partial charge in [0.25, 0.3) is 5.91 Å². The van der Waals surface area contributed by atoms with Gasteiger partial charge in [-0.2, -0.15) is 13.2 Å². The van der Waals surface area contributed by atoms with Crippen molar-refractivity contribution in [2.75, 3.05) is 18.4 Å². The van der Waals surface area contributed by atoms with Crippen molar-refractivity contribution in [2.45, 2.75) is 26.4 Å². The number of alkyl halides is 3. The maximum Gasteiger partial charge on any atom is 0.416 e. The smallest absolute Gasteiger partial charge is 0.384 e. The molecule has 19 heavy (non-hydrogen) atoms. The number of halogens is 3. The minimum absolute atomic E-state index is 0.0186. The van der Waals surface area contributed by atoms with E-state index >= 15 is 0 Å². The molecule has 1 aromatic carbocycles. The average molecular weight is 274 g/mol. The Balaban J connectivity index is 3.14. The maximum absolute atomic E-state index is 12.6. The normalized spacial score (nSPS) is 11.2. The van der Waals surface area contributed by atoms with Gasteiger partial charge in [-0.05, 0) is 31.5 Å². The van der Waals surface area contributed by atoms with Crippen molar-refractivity contribution in [3.8, 4) is 0 Å². The Kier molecular flexibility index (Phi) is 5.20. The number of nitrogens with one attached hydrogen (secondary N) is 2. The van der Waals surface area contributed by atoms with E-state index in [1.165, 1.54) is 6.07 Å². The second kappa shape index (κ2) is 6.45. The summed E-state index contributed by atoms with van der Waals surface area (Å²) in [6.07, 6.45) is -3.64. The predicted molar refractivity (Wildman–Crippen MR) is 68.2 cm³/mol. The highest BCUT2D eigenvalue weighted by Gasteiger charge is 2.31. The number of rotatable bonds is 5. The molecule has 0 aliphatic heterocycles. The van der Waals surface area contributed by atoms with Crippen molar-refractivity contribution < 1.29 is 18.0 Å². The summed E-state index contributed by atoms with van der Waals surface area (Å²) in [4.78, 5) is 11.8. The van der Waals surface area contributed by atoms with Crippen LogP contribution < -0.4 is 10.6 Å². The van der Waals surface area contributed by atoms with Crippen molar-refractivity contribution in [3.63, 3.8) is 0 Å². The first-order valence-corrected chi connectivity index (χ1v) is 6.13. The Morgan fingerprint density at radius 1 is 1.26 bits per heavy atom. The molecular formula is C13H17F3N2O. The molecule has 106 valence electrons. The summed E-state index contributed by atoms with van der Waals surface area (Å²) in [7, 11) is 0. The van der Waals surface area contributed by atoms with Gasteiger partial charge < -0.3 is 10.6 Å². The molecule has 1 aromatic rings. The summed E-state index contributed by atoms with van der Waals surface area (Å²) < 4.78 is 37.9. The zero-order chi connectivity index (χ0) is 14.5. The SMILES string of the molecule is CCCNc1ccc(C(F)(F)F)cc1C(=O)NCC. The van der Waals surface area contributed by atoms with Crippen molar-refractivity contribution in [1.29, 1.82) is 0 Å². The zero-order valence-corrected chi connectivity index (χ0v) is 10.9. The van der Waals surface area contributed by atoms with E-state index in [1.807, 2.05) is 6.92 Å². The standard InChI is InChI=1S/C13H17F3N2O/c1-3-7-18-11-6-5-9(13(14,15)16)8-10(11)12(19)17-4-2/h5-6,8,18H,3-4,7H2,1-2H3,(H,17,19).